The number of hydrogen-bond acceptors (Lipinski definition) is 2. The van der Waals surface area contributed by atoms with Crippen LogP contribution in [0.25, 0.3) is 0 Å². The van der Waals surface area contributed by atoms with Crippen LogP contribution in [0.15, 0.2) is 51.8 Å². The highest BCUT2D eigenvalue weighted by Crippen LogP contribution is 2.21. The van der Waals surface area contributed by atoms with E-state index in [1.165, 1.54) is 30.3 Å². The molecule has 0 amide bonds. The predicted octanol–water partition coefficient (Wildman–Crippen LogP) is 3.70. The van der Waals surface area contributed by atoms with Crippen LogP contribution in [0.2, 0.25) is 0 Å². The molecule has 0 aliphatic heterocycles. The van der Waals surface area contributed by atoms with E-state index in [9.17, 15) is 12.8 Å². The molecular formula is C13H11BrFNO2S. The van der Waals surface area contributed by atoms with Gasteiger partial charge in [0.25, 0.3) is 10.0 Å². The maximum Gasteiger partial charge on any atom is 0.261 e. The first-order valence-electron chi connectivity index (χ1n) is 5.43. The average molecular weight is 344 g/mol. The van der Waals surface area contributed by atoms with E-state index < -0.39 is 15.8 Å². The Hall–Kier alpha value is -1.40. The number of nitrogens with one attached hydrogen (secondary N) is 1. The van der Waals surface area contributed by atoms with Crippen LogP contribution in [-0.2, 0) is 10.0 Å². The second kappa shape index (κ2) is 5.30. The summed E-state index contributed by atoms with van der Waals surface area (Å²) in [5, 5.41) is 0. The molecule has 0 radical (unpaired) electrons. The lowest BCUT2D eigenvalue weighted by Gasteiger charge is -2.10. The lowest BCUT2D eigenvalue weighted by molar-refractivity contribution is 0.601. The van der Waals surface area contributed by atoms with Crippen molar-refractivity contribution in [1.82, 2.24) is 0 Å². The lowest BCUT2D eigenvalue weighted by Crippen LogP contribution is -2.13. The maximum absolute atomic E-state index is 13.0. The highest BCUT2D eigenvalue weighted by atomic mass is 79.9. The van der Waals surface area contributed by atoms with E-state index >= 15 is 0 Å². The van der Waals surface area contributed by atoms with Crippen LogP contribution in [0.4, 0.5) is 10.1 Å². The summed E-state index contributed by atoms with van der Waals surface area (Å²) in [7, 11) is -3.66. The average Bonchev–Trinajstić information content (AvgIpc) is 2.33. The van der Waals surface area contributed by atoms with Crippen molar-refractivity contribution in [2.45, 2.75) is 11.8 Å². The van der Waals surface area contributed by atoms with Gasteiger partial charge in [-0.3, -0.25) is 4.72 Å². The fraction of sp³-hybridized carbons (Fsp3) is 0.0769. The summed E-state index contributed by atoms with van der Waals surface area (Å²) in [5.74, 6) is -0.399. The van der Waals surface area contributed by atoms with Gasteiger partial charge >= 0.3 is 0 Å². The molecule has 0 aromatic heterocycles. The monoisotopic (exact) mass is 343 g/mol. The minimum absolute atomic E-state index is 0.152. The number of halogens is 2. The topological polar surface area (TPSA) is 46.2 Å². The van der Waals surface area contributed by atoms with Gasteiger partial charge in [0.05, 0.1) is 10.6 Å². The van der Waals surface area contributed by atoms with Gasteiger partial charge < -0.3 is 0 Å². The molecule has 0 saturated carbocycles. The molecule has 0 atom stereocenters. The van der Waals surface area contributed by atoms with Crippen molar-refractivity contribution in [3.63, 3.8) is 0 Å². The summed E-state index contributed by atoms with van der Waals surface area (Å²) in [6.07, 6.45) is 0. The zero-order valence-corrected chi connectivity index (χ0v) is 12.4. The largest absolute Gasteiger partial charge is 0.279 e. The molecule has 1 N–H and O–H groups in total. The summed E-state index contributed by atoms with van der Waals surface area (Å²) < 4.78 is 40.5. The zero-order valence-electron chi connectivity index (χ0n) is 10.0. The first kappa shape index (κ1) is 14.0. The van der Waals surface area contributed by atoms with E-state index in [2.05, 4.69) is 20.7 Å². The Balaban J connectivity index is 2.33. The van der Waals surface area contributed by atoms with E-state index in [0.717, 1.165) is 4.47 Å². The van der Waals surface area contributed by atoms with E-state index in [1.807, 2.05) is 0 Å². The molecule has 0 unspecified atom stereocenters. The second-order valence-electron chi connectivity index (χ2n) is 4.02. The highest BCUT2D eigenvalue weighted by molar-refractivity contribution is 9.10. The number of benzene rings is 2. The molecular weight excluding hydrogens is 333 g/mol. The Morgan fingerprint density at radius 1 is 1.11 bits per heavy atom. The van der Waals surface area contributed by atoms with Gasteiger partial charge in [-0.1, -0.05) is 15.9 Å². The fourth-order valence-corrected chi connectivity index (χ4v) is 2.95. The molecule has 2 aromatic carbocycles. The molecule has 0 spiro atoms. The van der Waals surface area contributed by atoms with E-state index in [4.69, 9.17) is 0 Å². The minimum atomic E-state index is -3.66. The molecule has 0 saturated heterocycles. The van der Waals surface area contributed by atoms with Crippen molar-refractivity contribution in [2.75, 3.05) is 4.72 Å². The van der Waals surface area contributed by atoms with Crippen molar-refractivity contribution in [3.05, 3.63) is 58.3 Å². The summed E-state index contributed by atoms with van der Waals surface area (Å²) in [6.45, 7) is 1.64. The van der Waals surface area contributed by atoms with Crippen LogP contribution in [0, 0.1) is 12.7 Å². The smallest absolute Gasteiger partial charge is 0.261 e. The van der Waals surface area contributed by atoms with Crippen LogP contribution in [-0.4, -0.2) is 8.42 Å². The summed E-state index contributed by atoms with van der Waals surface area (Å²) in [5.41, 5.74) is 0.894. The summed E-state index contributed by atoms with van der Waals surface area (Å²) in [6, 6.07) is 10.2. The molecule has 2 aromatic rings. The van der Waals surface area contributed by atoms with Gasteiger partial charge in [0.2, 0.25) is 0 Å². The van der Waals surface area contributed by atoms with Gasteiger partial charge in [0.1, 0.15) is 5.82 Å². The van der Waals surface area contributed by atoms with Crippen molar-refractivity contribution in [1.29, 1.82) is 0 Å². The summed E-state index contributed by atoms with van der Waals surface area (Å²) in [4.78, 5) is 0.152. The van der Waals surface area contributed by atoms with Crippen LogP contribution in [0.3, 0.4) is 0 Å². The molecule has 19 heavy (non-hydrogen) atoms. The number of rotatable bonds is 3. The lowest BCUT2D eigenvalue weighted by atomic mass is 10.2. The Labute approximate surface area is 119 Å². The Bertz CT molecular complexity index is 699. The quantitative estimate of drug-likeness (QED) is 0.923. The molecule has 6 heteroatoms. The maximum atomic E-state index is 13.0. The fourth-order valence-electron chi connectivity index (χ4n) is 1.56. The highest BCUT2D eigenvalue weighted by Gasteiger charge is 2.15. The van der Waals surface area contributed by atoms with Crippen LogP contribution in [0.5, 0.6) is 0 Å². The van der Waals surface area contributed by atoms with Crippen molar-refractivity contribution < 1.29 is 12.8 Å². The summed E-state index contributed by atoms with van der Waals surface area (Å²) >= 11 is 3.24. The second-order valence-corrected chi connectivity index (χ2v) is 6.62. The van der Waals surface area contributed by atoms with E-state index in [-0.39, 0.29) is 4.90 Å². The minimum Gasteiger partial charge on any atom is -0.279 e. The van der Waals surface area contributed by atoms with E-state index in [1.54, 1.807) is 19.1 Å². The molecule has 0 heterocycles. The third-order valence-electron chi connectivity index (χ3n) is 2.56. The number of aryl methyl sites for hydroxylation is 1. The van der Waals surface area contributed by atoms with E-state index in [0.29, 0.717) is 11.3 Å². The Morgan fingerprint density at radius 2 is 1.74 bits per heavy atom. The van der Waals surface area contributed by atoms with Gasteiger partial charge in [-0.15, -0.1) is 0 Å². The molecule has 3 nitrogen and oxygen atoms in total. The van der Waals surface area contributed by atoms with Gasteiger partial charge in [0, 0.05) is 4.47 Å². The molecule has 0 aliphatic rings. The van der Waals surface area contributed by atoms with Crippen LogP contribution < -0.4 is 4.72 Å². The van der Waals surface area contributed by atoms with Gasteiger partial charge in [0.15, 0.2) is 0 Å². The normalized spacial score (nSPS) is 11.3. The first-order chi connectivity index (χ1) is 8.88. The molecule has 0 bridgehead atoms. The first-order valence-corrected chi connectivity index (χ1v) is 7.71. The number of hydrogen-bond donors (Lipinski definition) is 1. The third kappa shape index (κ3) is 3.33. The van der Waals surface area contributed by atoms with Crippen LogP contribution >= 0.6 is 15.9 Å². The van der Waals surface area contributed by atoms with Crippen molar-refractivity contribution in [2.24, 2.45) is 0 Å². The van der Waals surface area contributed by atoms with Gasteiger partial charge in [-0.05, 0) is 55.0 Å². The van der Waals surface area contributed by atoms with Gasteiger partial charge in [-0.2, -0.15) is 0 Å². The molecule has 0 aliphatic carbocycles. The third-order valence-corrected chi connectivity index (χ3v) is 4.47. The predicted molar refractivity (Wildman–Crippen MR) is 76.1 cm³/mol. The SMILES string of the molecule is Cc1cc(F)ccc1NS(=O)(=O)c1ccc(Br)cc1. The zero-order chi connectivity index (χ0) is 14.0. The number of anilines is 1. The molecule has 100 valence electrons. The van der Waals surface area contributed by atoms with Gasteiger partial charge in [-0.25, -0.2) is 12.8 Å². The number of sulfonamides is 1. The standard InChI is InChI=1S/C13H11BrFNO2S/c1-9-8-11(15)4-7-13(9)16-19(17,18)12-5-2-10(14)3-6-12/h2-8,16H,1H3. The molecule has 0 fully saturated rings. The van der Waals surface area contributed by atoms with Crippen molar-refractivity contribution >= 4 is 31.6 Å². The molecule has 2 rings (SSSR count). The Morgan fingerprint density at radius 3 is 2.32 bits per heavy atom. The van der Waals surface area contributed by atoms with Crippen LogP contribution in [0.1, 0.15) is 5.56 Å². The van der Waals surface area contributed by atoms with Crippen molar-refractivity contribution in [3.8, 4) is 0 Å². The Kier molecular flexibility index (Phi) is 3.91.